The second-order valence-electron chi connectivity index (χ2n) is 3.78. The van der Waals surface area contributed by atoms with Crippen LogP contribution in [0.5, 0.6) is 0 Å². The molecule has 0 saturated heterocycles. The van der Waals surface area contributed by atoms with Gasteiger partial charge in [-0.15, -0.1) is 0 Å². The number of para-hydroxylation sites is 1. The molecule has 0 radical (unpaired) electrons. The summed E-state index contributed by atoms with van der Waals surface area (Å²) in [5, 5.41) is 11.7. The molecule has 0 atom stereocenters. The van der Waals surface area contributed by atoms with Crippen LogP contribution in [-0.4, -0.2) is 22.0 Å². The van der Waals surface area contributed by atoms with Crippen molar-refractivity contribution in [1.29, 1.82) is 0 Å². The van der Waals surface area contributed by atoms with Crippen molar-refractivity contribution in [3.8, 4) is 0 Å². The van der Waals surface area contributed by atoms with E-state index >= 15 is 0 Å². The van der Waals surface area contributed by atoms with E-state index in [1.165, 1.54) is 11.3 Å². The zero-order valence-electron chi connectivity index (χ0n) is 9.55. The van der Waals surface area contributed by atoms with Gasteiger partial charge in [-0.1, -0.05) is 23.5 Å². The molecule has 18 heavy (non-hydrogen) atoms. The van der Waals surface area contributed by atoms with E-state index in [0.717, 1.165) is 10.2 Å². The van der Waals surface area contributed by atoms with E-state index in [9.17, 15) is 9.59 Å². The van der Waals surface area contributed by atoms with E-state index in [-0.39, 0.29) is 18.7 Å². The summed E-state index contributed by atoms with van der Waals surface area (Å²) in [7, 11) is 0. The number of benzene rings is 1. The average molecular weight is 264 g/mol. The zero-order valence-corrected chi connectivity index (χ0v) is 10.4. The lowest BCUT2D eigenvalue weighted by atomic mass is 10.2. The maximum Gasteiger partial charge on any atom is 0.303 e. The number of rotatable bonds is 5. The van der Waals surface area contributed by atoms with Gasteiger partial charge in [-0.2, -0.15) is 0 Å². The summed E-state index contributed by atoms with van der Waals surface area (Å²) in [6, 6.07) is 7.62. The minimum absolute atomic E-state index is 0.00721. The summed E-state index contributed by atoms with van der Waals surface area (Å²) in [5.74, 6) is -1.09. The van der Waals surface area contributed by atoms with Crippen molar-refractivity contribution in [2.45, 2.75) is 19.3 Å². The van der Waals surface area contributed by atoms with Crippen LogP contribution in [0.15, 0.2) is 24.3 Å². The van der Waals surface area contributed by atoms with Gasteiger partial charge in [0.1, 0.15) is 0 Å². The SMILES string of the molecule is O=C(O)CCCC(=O)Nc1nc2ccccc2s1. The Hall–Kier alpha value is -1.95. The van der Waals surface area contributed by atoms with Gasteiger partial charge in [-0.25, -0.2) is 4.98 Å². The molecule has 2 aromatic rings. The van der Waals surface area contributed by atoms with Crippen LogP contribution in [0, 0.1) is 0 Å². The summed E-state index contributed by atoms with van der Waals surface area (Å²) < 4.78 is 1.01. The second-order valence-corrected chi connectivity index (χ2v) is 4.81. The highest BCUT2D eigenvalue weighted by molar-refractivity contribution is 7.22. The first kappa shape index (κ1) is 12.5. The third-order valence-corrected chi connectivity index (χ3v) is 3.29. The minimum atomic E-state index is -0.886. The van der Waals surface area contributed by atoms with Crippen molar-refractivity contribution in [2.75, 3.05) is 5.32 Å². The van der Waals surface area contributed by atoms with E-state index in [2.05, 4.69) is 10.3 Å². The van der Waals surface area contributed by atoms with Gasteiger partial charge in [0.2, 0.25) is 5.91 Å². The Bertz CT molecular complexity index is 546. The number of hydrogen-bond donors (Lipinski definition) is 2. The number of nitrogens with one attached hydrogen (secondary N) is 1. The third kappa shape index (κ3) is 3.27. The number of thiazole rings is 1. The van der Waals surface area contributed by atoms with E-state index in [1.807, 2.05) is 24.3 Å². The zero-order chi connectivity index (χ0) is 13.0. The molecule has 0 saturated carbocycles. The molecule has 0 aliphatic heterocycles. The Morgan fingerprint density at radius 1 is 1.28 bits per heavy atom. The number of amides is 1. The predicted molar refractivity (Wildman–Crippen MR) is 69.7 cm³/mol. The molecule has 5 nitrogen and oxygen atoms in total. The number of carbonyl (C=O) groups is 2. The quantitative estimate of drug-likeness (QED) is 0.869. The monoisotopic (exact) mass is 264 g/mol. The van der Waals surface area contributed by atoms with Gasteiger partial charge < -0.3 is 10.4 Å². The molecule has 0 bridgehead atoms. The molecule has 6 heteroatoms. The summed E-state index contributed by atoms with van der Waals surface area (Å²) in [6.45, 7) is 0. The van der Waals surface area contributed by atoms with Crippen LogP contribution in [0.4, 0.5) is 5.13 Å². The van der Waals surface area contributed by atoms with Gasteiger partial charge in [0.15, 0.2) is 5.13 Å². The van der Waals surface area contributed by atoms with E-state index in [1.54, 1.807) is 0 Å². The molecule has 0 aliphatic rings. The fourth-order valence-corrected chi connectivity index (χ4v) is 2.39. The van der Waals surface area contributed by atoms with Crippen LogP contribution < -0.4 is 5.32 Å². The first-order valence-corrected chi connectivity index (χ1v) is 6.34. The molecule has 2 rings (SSSR count). The first-order valence-electron chi connectivity index (χ1n) is 5.52. The van der Waals surface area contributed by atoms with Crippen molar-refractivity contribution in [2.24, 2.45) is 0 Å². The number of aliphatic carboxylic acids is 1. The van der Waals surface area contributed by atoms with Crippen molar-refractivity contribution in [1.82, 2.24) is 4.98 Å². The Morgan fingerprint density at radius 3 is 2.78 bits per heavy atom. The fourth-order valence-electron chi connectivity index (χ4n) is 1.51. The van der Waals surface area contributed by atoms with Gasteiger partial charge in [0, 0.05) is 12.8 Å². The lowest BCUT2D eigenvalue weighted by molar-refractivity contribution is -0.137. The summed E-state index contributed by atoms with van der Waals surface area (Å²) in [6.07, 6.45) is 0.543. The molecule has 0 unspecified atom stereocenters. The van der Waals surface area contributed by atoms with Gasteiger partial charge in [0.25, 0.3) is 0 Å². The fraction of sp³-hybridized carbons (Fsp3) is 0.250. The Morgan fingerprint density at radius 2 is 2.06 bits per heavy atom. The van der Waals surface area contributed by atoms with Crippen LogP contribution in [0.2, 0.25) is 0 Å². The van der Waals surface area contributed by atoms with Gasteiger partial charge >= 0.3 is 5.97 Å². The molecule has 1 amide bonds. The molecule has 2 N–H and O–H groups in total. The molecule has 1 aromatic carbocycles. The smallest absolute Gasteiger partial charge is 0.303 e. The predicted octanol–water partition coefficient (Wildman–Crippen LogP) is 2.49. The van der Waals surface area contributed by atoms with Crippen LogP contribution in [0.25, 0.3) is 10.2 Å². The lowest BCUT2D eigenvalue weighted by Gasteiger charge is -1.99. The van der Waals surface area contributed by atoms with Crippen molar-refractivity contribution in [3.05, 3.63) is 24.3 Å². The number of aromatic nitrogens is 1. The largest absolute Gasteiger partial charge is 0.481 e. The number of carboxylic acids is 1. The van der Waals surface area contributed by atoms with Crippen molar-refractivity contribution < 1.29 is 14.7 Å². The number of carboxylic acid groups (broad SMARTS) is 1. The van der Waals surface area contributed by atoms with E-state index < -0.39 is 5.97 Å². The number of carbonyl (C=O) groups excluding carboxylic acids is 1. The summed E-state index contributed by atoms with van der Waals surface area (Å²) >= 11 is 1.41. The molecule has 0 aliphatic carbocycles. The summed E-state index contributed by atoms with van der Waals surface area (Å²) in [5.41, 5.74) is 0.850. The van der Waals surface area contributed by atoms with E-state index in [0.29, 0.717) is 11.6 Å². The maximum atomic E-state index is 11.5. The first-order chi connectivity index (χ1) is 8.65. The summed E-state index contributed by atoms with van der Waals surface area (Å²) in [4.78, 5) is 26.1. The highest BCUT2D eigenvalue weighted by Gasteiger charge is 2.08. The van der Waals surface area contributed by atoms with Gasteiger partial charge in [-0.3, -0.25) is 9.59 Å². The van der Waals surface area contributed by atoms with Crippen LogP contribution in [0.3, 0.4) is 0 Å². The average Bonchev–Trinajstić information content (AvgIpc) is 2.70. The maximum absolute atomic E-state index is 11.5. The van der Waals surface area contributed by atoms with E-state index in [4.69, 9.17) is 5.11 Å². The number of anilines is 1. The Labute approximate surface area is 107 Å². The molecule has 0 spiro atoms. The van der Waals surface area contributed by atoms with Crippen LogP contribution >= 0.6 is 11.3 Å². The topological polar surface area (TPSA) is 79.3 Å². The Kier molecular flexibility index (Phi) is 3.88. The van der Waals surface area contributed by atoms with Gasteiger partial charge in [0.05, 0.1) is 10.2 Å². The Balaban J connectivity index is 1.92. The highest BCUT2D eigenvalue weighted by atomic mass is 32.1. The number of nitrogens with zero attached hydrogens (tertiary/aromatic N) is 1. The van der Waals surface area contributed by atoms with Crippen LogP contribution in [0.1, 0.15) is 19.3 Å². The molecule has 1 heterocycles. The van der Waals surface area contributed by atoms with Gasteiger partial charge in [-0.05, 0) is 18.6 Å². The molecule has 1 aromatic heterocycles. The van der Waals surface area contributed by atoms with Crippen molar-refractivity contribution >= 4 is 38.6 Å². The molecular weight excluding hydrogens is 252 g/mol. The standard InChI is InChI=1S/C12H12N2O3S/c15-10(6-3-7-11(16)17)14-12-13-8-4-1-2-5-9(8)18-12/h1-2,4-5H,3,6-7H2,(H,16,17)(H,13,14,15). The van der Waals surface area contributed by atoms with Crippen molar-refractivity contribution in [3.63, 3.8) is 0 Å². The molecule has 94 valence electrons. The minimum Gasteiger partial charge on any atom is -0.481 e. The number of hydrogen-bond acceptors (Lipinski definition) is 4. The lowest BCUT2D eigenvalue weighted by Crippen LogP contribution is -2.11. The molecular formula is C12H12N2O3S. The second kappa shape index (κ2) is 5.59. The highest BCUT2D eigenvalue weighted by Crippen LogP contribution is 2.25. The molecule has 0 fully saturated rings. The third-order valence-electron chi connectivity index (χ3n) is 2.33. The van der Waals surface area contributed by atoms with Crippen LogP contribution in [-0.2, 0) is 9.59 Å². The normalized spacial score (nSPS) is 10.4. The number of fused-ring (bicyclic) bond motifs is 1.